The van der Waals surface area contributed by atoms with E-state index in [0.29, 0.717) is 11.1 Å². The number of carbonyl (C=O) groups is 2. The molecule has 122 valence electrons. The van der Waals surface area contributed by atoms with Gasteiger partial charge in [-0.25, -0.2) is 0 Å². The Morgan fingerprint density at radius 2 is 1.58 bits per heavy atom. The maximum atomic E-state index is 11.4. The van der Waals surface area contributed by atoms with Crippen LogP contribution >= 0.6 is 0 Å². The van der Waals surface area contributed by atoms with Crippen LogP contribution in [0.15, 0.2) is 48.5 Å². The number of benzene rings is 2. The highest BCUT2D eigenvalue weighted by Gasteiger charge is 2.09. The number of phenols is 2. The lowest BCUT2D eigenvalue weighted by Gasteiger charge is -2.04. The summed E-state index contributed by atoms with van der Waals surface area (Å²) < 4.78 is 0. The zero-order chi connectivity index (χ0) is 17.7. The summed E-state index contributed by atoms with van der Waals surface area (Å²) >= 11 is 0. The van der Waals surface area contributed by atoms with Gasteiger partial charge in [-0.2, -0.15) is 0 Å². The highest BCUT2D eigenvalue weighted by atomic mass is 16.3. The molecule has 0 radical (unpaired) electrons. The minimum Gasteiger partial charge on any atom is -0.508 e. The second kappa shape index (κ2) is 7.15. The van der Waals surface area contributed by atoms with Crippen LogP contribution in [0.3, 0.4) is 0 Å². The minimum atomic E-state index is -0.757. The van der Waals surface area contributed by atoms with E-state index in [1.165, 1.54) is 18.2 Å². The van der Waals surface area contributed by atoms with Crippen molar-refractivity contribution in [2.75, 3.05) is 0 Å². The molecule has 24 heavy (non-hydrogen) atoms. The van der Waals surface area contributed by atoms with Crippen LogP contribution in [-0.2, 0) is 9.59 Å². The van der Waals surface area contributed by atoms with E-state index in [-0.39, 0.29) is 17.1 Å². The van der Waals surface area contributed by atoms with Crippen LogP contribution in [0.25, 0.3) is 17.7 Å². The number of hydrogen-bond donors (Lipinski definition) is 4. The maximum absolute atomic E-state index is 11.4. The van der Waals surface area contributed by atoms with Crippen LogP contribution < -0.4 is 11.5 Å². The van der Waals surface area contributed by atoms with Gasteiger partial charge in [0.25, 0.3) is 0 Å². The first-order chi connectivity index (χ1) is 11.4. The van der Waals surface area contributed by atoms with Crippen molar-refractivity contribution >= 4 is 29.5 Å². The Kier molecular flexibility index (Phi) is 5.01. The summed E-state index contributed by atoms with van der Waals surface area (Å²) in [6, 6.07) is 10.9. The largest absolute Gasteiger partial charge is 0.508 e. The van der Waals surface area contributed by atoms with Gasteiger partial charge in [0.1, 0.15) is 11.5 Å². The zero-order valence-electron chi connectivity index (χ0n) is 12.6. The van der Waals surface area contributed by atoms with E-state index in [1.54, 1.807) is 36.4 Å². The Morgan fingerprint density at radius 3 is 2.17 bits per heavy atom. The molecule has 0 unspecified atom stereocenters. The zero-order valence-corrected chi connectivity index (χ0v) is 12.6. The molecule has 2 aromatic carbocycles. The third-order valence-electron chi connectivity index (χ3n) is 3.24. The van der Waals surface area contributed by atoms with Crippen LogP contribution in [0.4, 0.5) is 0 Å². The molecule has 6 N–H and O–H groups in total. The summed E-state index contributed by atoms with van der Waals surface area (Å²) in [5.41, 5.74) is 12.0. The van der Waals surface area contributed by atoms with Crippen molar-refractivity contribution in [3.8, 4) is 11.5 Å². The topological polar surface area (TPSA) is 127 Å². The van der Waals surface area contributed by atoms with Crippen LogP contribution in [0.1, 0.15) is 16.7 Å². The molecule has 0 saturated heterocycles. The van der Waals surface area contributed by atoms with Crippen LogP contribution in [0, 0.1) is 0 Å². The fraction of sp³-hybridized carbons (Fsp3) is 0. The molecule has 0 atom stereocenters. The van der Waals surface area contributed by atoms with Gasteiger partial charge in [0.05, 0.1) is 5.57 Å². The van der Waals surface area contributed by atoms with Gasteiger partial charge in [-0.15, -0.1) is 0 Å². The van der Waals surface area contributed by atoms with Crippen molar-refractivity contribution < 1.29 is 19.8 Å². The first-order valence-electron chi connectivity index (χ1n) is 6.98. The second-order valence-electron chi connectivity index (χ2n) is 5.02. The van der Waals surface area contributed by atoms with Crippen LogP contribution in [0.2, 0.25) is 0 Å². The van der Waals surface area contributed by atoms with Crippen LogP contribution in [-0.4, -0.2) is 22.0 Å². The van der Waals surface area contributed by atoms with Crippen molar-refractivity contribution in [2.24, 2.45) is 11.5 Å². The summed E-state index contributed by atoms with van der Waals surface area (Å²) in [6.45, 7) is 0. The van der Waals surface area contributed by atoms with E-state index in [2.05, 4.69) is 0 Å². The molecule has 0 heterocycles. The highest BCUT2D eigenvalue weighted by molar-refractivity contribution is 6.22. The Bertz CT molecular complexity index is 837. The molecule has 6 nitrogen and oxygen atoms in total. The lowest BCUT2D eigenvalue weighted by atomic mass is 10.0. The van der Waals surface area contributed by atoms with E-state index in [1.807, 2.05) is 0 Å². The number of nitrogens with two attached hydrogens (primary N) is 2. The van der Waals surface area contributed by atoms with Gasteiger partial charge in [-0.05, 0) is 29.3 Å². The Labute approximate surface area is 138 Å². The quantitative estimate of drug-likeness (QED) is 0.378. The summed E-state index contributed by atoms with van der Waals surface area (Å²) in [5.74, 6) is -1.42. The first kappa shape index (κ1) is 16.8. The SMILES string of the molecule is NC(=O)/C=C(\C(N)=O)c1ccc(/C=C/c2cc(O)ccc2O)cc1. The van der Waals surface area contributed by atoms with E-state index in [9.17, 15) is 19.8 Å². The number of aromatic hydroxyl groups is 2. The lowest BCUT2D eigenvalue weighted by Crippen LogP contribution is -2.16. The highest BCUT2D eigenvalue weighted by Crippen LogP contribution is 2.24. The third kappa shape index (κ3) is 4.23. The van der Waals surface area contributed by atoms with E-state index in [0.717, 1.165) is 11.6 Å². The molecule has 0 aliphatic rings. The average Bonchev–Trinajstić information content (AvgIpc) is 2.53. The molecule has 0 aromatic heterocycles. The van der Waals surface area contributed by atoms with Gasteiger partial charge in [-0.3, -0.25) is 9.59 Å². The number of phenolic OH excluding ortho intramolecular Hbond substituents is 2. The monoisotopic (exact) mass is 324 g/mol. The van der Waals surface area contributed by atoms with Crippen molar-refractivity contribution in [2.45, 2.75) is 0 Å². The van der Waals surface area contributed by atoms with Gasteiger partial charge in [-0.1, -0.05) is 36.4 Å². The molecule has 6 heteroatoms. The number of amides is 2. The lowest BCUT2D eigenvalue weighted by molar-refractivity contribution is -0.115. The average molecular weight is 324 g/mol. The normalized spacial score (nSPS) is 11.6. The summed E-state index contributed by atoms with van der Waals surface area (Å²) in [6.07, 6.45) is 4.34. The van der Waals surface area contributed by atoms with Crippen molar-refractivity contribution in [3.05, 3.63) is 65.2 Å². The third-order valence-corrected chi connectivity index (χ3v) is 3.24. The molecular weight excluding hydrogens is 308 g/mol. The van der Waals surface area contributed by atoms with Gasteiger partial charge in [0, 0.05) is 11.6 Å². The van der Waals surface area contributed by atoms with Crippen molar-refractivity contribution in [1.82, 2.24) is 0 Å². The molecule has 0 spiro atoms. The van der Waals surface area contributed by atoms with Gasteiger partial charge in [0.2, 0.25) is 11.8 Å². The molecule has 0 bridgehead atoms. The first-order valence-corrected chi connectivity index (χ1v) is 6.98. The van der Waals surface area contributed by atoms with E-state index in [4.69, 9.17) is 11.5 Å². The Morgan fingerprint density at radius 1 is 0.917 bits per heavy atom. The fourth-order valence-electron chi connectivity index (χ4n) is 2.07. The fourth-order valence-corrected chi connectivity index (χ4v) is 2.07. The molecule has 2 aromatic rings. The van der Waals surface area contributed by atoms with E-state index >= 15 is 0 Å². The number of primary amides is 2. The maximum Gasteiger partial charge on any atom is 0.249 e. The minimum absolute atomic E-state index is 0.0312. The van der Waals surface area contributed by atoms with Gasteiger partial charge in [0.15, 0.2) is 0 Å². The standard InChI is InChI=1S/C18H16N2O4/c19-17(23)10-15(18(20)24)12-4-1-11(2-5-12)3-6-13-9-14(21)7-8-16(13)22/h1-10,21-22H,(H2,19,23)(H2,20,24)/b6-3+,15-10-. The summed E-state index contributed by atoms with van der Waals surface area (Å²) in [4.78, 5) is 22.3. The van der Waals surface area contributed by atoms with E-state index < -0.39 is 11.8 Å². The molecule has 0 saturated carbocycles. The Hall–Kier alpha value is -3.54. The van der Waals surface area contributed by atoms with Crippen molar-refractivity contribution in [1.29, 1.82) is 0 Å². The molecule has 0 fully saturated rings. The second-order valence-corrected chi connectivity index (χ2v) is 5.02. The smallest absolute Gasteiger partial charge is 0.249 e. The number of carbonyl (C=O) groups excluding carboxylic acids is 2. The predicted octanol–water partition coefficient (Wildman–Crippen LogP) is 1.62. The molecule has 0 aliphatic heterocycles. The molecule has 2 amide bonds. The van der Waals surface area contributed by atoms with Gasteiger partial charge < -0.3 is 21.7 Å². The Balaban J connectivity index is 2.26. The van der Waals surface area contributed by atoms with Crippen molar-refractivity contribution in [3.63, 3.8) is 0 Å². The number of rotatable bonds is 5. The predicted molar refractivity (Wildman–Crippen MR) is 91.5 cm³/mol. The molecular formula is C18H16N2O4. The summed E-state index contributed by atoms with van der Waals surface area (Å²) in [5, 5.41) is 19.1. The van der Waals surface area contributed by atoms with Gasteiger partial charge >= 0.3 is 0 Å². The molecule has 0 aliphatic carbocycles. The van der Waals surface area contributed by atoms with Crippen LogP contribution in [0.5, 0.6) is 11.5 Å². The molecule has 2 rings (SSSR count). The summed E-state index contributed by atoms with van der Waals surface area (Å²) in [7, 11) is 0. The number of hydrogen-bond acceptors (Lipinski definition) is 4.